The molecule has 0 saturated heterocycles. The lowest BCUT2D eigenvalue weighted by atomic mass is 10.0. The van der Waals surface area contributed by atoms with Crippen LogP contribution in [-0.4, -0.2) is 25.8 Å². The van der Waals surface area contributed by atoms with Crippen molar-refractivity contribution in [3.8, 4) is 0 Å². The van der Waals surface area contributed by atoms with Gasteiger partial charge >= 0.3 is 0 Å². The zero-order valence-electron chi connectivity index (χ0n) is 14.4. The van der Waals surface area contributed by atoms with E-state index < -0.39 is 0 Å². The third kappa shape index (κ3) is 4.64. The number of amides is 1. The quantitative estimate of drug-likeness (QED) is 0.847. The molecule has 0 saturated carbocycles. The Morgan fingerprint density at radius 2 is 2.04 bits per heavy atom. The summed E-state index contributed by atoms with van der Waals surface area (Å²) in [6.07, 6.45) is 3.05. The molecule has 0 spiro atoms. The molecular formula is C16H25N5O2. The van der Waals surface area contributed by atoms with Gasteiger partial charge in [-0.3, -0.25) is 9.48 Å². The van der Waals surface area contributed by atoms with Crippen molar-refractivity contribution in [3.05, 3.63) is 29.7 Å². The van der Waals surface area contributed by atoms with Crippen LogP contribution < -0.4 is 5.32 Å². The minimum absolute atomic E-state index is 0.214. The van der Waals surface area contributed by atoms with Gasteiger partial charge in [-0.25, -0.2) is 4.98 Å². The van der Waals surface area contributed by atoms with Crippen molar-refractivity contribution < 1.29 is 9.32 Å². The van der Waals surface area contributed by atoms with Crippen molar-refractivity contribution in [2.24, 2.45) is 18.9 Å². The molecule has 2 aromatic rings. The van der Waals surface area contributed by atoms with E-state index in [0.29, 0.717) is 11.8 Å². The monoisotopic (exact) mass is 319 g/mol. The molecule has 0 radical (unpaired) electrons. The molecule has 0 aliphatic rings. The summed E-state index contributed by atoms with van der Waals surface area (Å²) in [5, 5.41) is 11.0. The van der Waals surface area contributed by atoms with Crippen molar-refractivity contribution in [2.45, 2.75) is 46.6 Å². The van der Waals surface area contributed by atoms with E-state index in [4.69, 9.17) is 4.52 Å². The normalized spacial score (nSPS) is 12.8. The van der Waals surface area contributed by atoms with E-state index in [1.807, 2.05) is 7.05 Å². The van der Waals surface area contributed by atoms with Gasteiger partial charge in [-0.15, -0.1) is 0 Å². The summed E-state index contributed by atoms with van der Waals surface area (Å²) < 4.78 is 6.85. The Bertz CT molecular complexity index is 644. The Morgan fingerprint density at radius 3 is 2.61 bits per heavy atom. The van der Waals surface area contributed by atoms with Crippen molar-refractivity contribution >= 4 is 5.91 Å². The average Bonchev–Trinajstić information content (AvgIpc) is 3.05. The van der Waals surface area contributed by atoms with Crippen LogP contribution in [0.1, 0.15) is 62.2 Å². The molecule has 1 atom stereocenters. The van der Waals surface area contributed by atoms with E-state index in [0.717, 1.165) is 24.4 Å². The third-order valence-corrected chi connectivity index (χ3v) is 3.47. The molecule has 2 rings (SSSR count). The molecule has 2 heterocycles. The van der Waals surface area contributed by atoms with Crippen LogP contribution in [0.15, 0.2) is 16.9 Å². The first-order chi connectivity index (χ1) is 10.9. The van der Waals surface area contributed by atoms with Gasteiger partial charge in [-0.05, 0) is 24.7 Å². The van der Waals surface area contributed by atoms with Crippen LogP contribution in [0.3, 0.4) is 0 Å². The van der Waals surface area contributed by atoms with Gasteiger partial charge in [0.1, 0.15) is 12.2 Å². The maximum Gasteiger partial charge on any atom is 0.290 e. The van der Waals surface area contributed by atoms with E-state index in [1.54, 1.807) is 10.7 Å². The van der Waals surface area contributed by atoms with Crippen molar-refractivity contribution in [1.29, 1.82) is 0 Å². The fourth-order valence-electron chi connectivity index (χ4n) is 2.48. The lowest BCUT2D eigenvalue weighted by Gasteiger charge is -2.19. The summed E-state index contributed by atoms with van der Waals surface area (Å²) in [6, 6.07) is 1.49. The number of hydrogen-bond donors (Lipinski definition) is 1. The van der Waals surface area contributed by atoms with E-state index in [2.05, 4.69) is 48.3 Å². The maximum absolute atomic E-state index is 12.4. The van der Waals surface area contributed by atoms with Gasteiger partial charge in [0.05, 0.1) is 11.7 Å². The molecule has 0 bridgehead atoms. The van der Waals surface area contributed by atoms with Crippen LogP contribution in [0.4, 0.5) is 0 Å². The van der Waals surface area contributed by atoms with Crippen LogP contribution in [0.25, 0.3) is 0 Å². The van der Waals surface area contributed by atoms with Gasteiger partial charge in [-0.1, -0.05) is 32.9 Å². The second-order valence-corrected chi connectivity index (χ2v) is 6.68. The Morgan fingerprint density at radius 1 is 1.30 bits per heavy atom. The summed E-state index contributed by atoms with van der Waals surface area (Å²) in [5.74, 6) is 1.55. The SMILES string of the molecule is CC(C)Cc1cc(C(=O)NC(CC(C)C)c2ncnn2C)on1. The molecule has 7 heteroatoms. The fraction of sp³-hybridized carbons (Fsp3) is 0.625. The summed E-state index contributed by atoms with van der Waals surface area (Å²) in [4.78, 5) is 16.7. The highest BCUT2D eigenvalue weighted by Crippen LogP contribution is 2.20. The zero-order valence-corrected chi connectivity index (χ0v) is 14.4. The second kappa shape index (κ2) is 7.39. The fourth-order valence-corrected chi connectivity index (χ4v) is 2.48. The first-order valence-electron chi connectivity index (χ1n) is 7.97. The minimum Gasteiger partial charge on any atom is -0.351 e. The van der Waals surface area contributed by atoms with E-state index >= 15 is 0 Å². The first-order valence-corrected chi connectivity index (χ1v) is 7.97. The summed E-state index contributed by atoms with van der Waals surface area (Å²) in [6.45, 7) is 8.40. The van der Waals surface area contributed by atoms with Crippen LogP contribution in [-0.2, 0) is 13.5 Å². The smallest absolute Gasteiger partial charge is 0.290 e. The molecule has 0 aromatic carbocycles. The Balaban J connectivity index is 2.11. The predicted octanol–water partition coefficient (Wildman–Crippen LogP) is 2.52. The number of nitrogens with one attached hydrogen (secondary N) is 1. The molecule has 2 aromatic heterocycles. The molecule has 1 amide bonds. The second-order valence-electron chi connectivity index (χ2n) is 6.68. The van der Waals surface area contributed by atoms with E-state index in [-0.39, 0.29) is 17.7 Å². The Kier molecular flexibility index (Phi) is 5.52. The molecular weight excluding hydrogens is 294 g/mol. The molecule has 23 heavy (non-hydrogen) atoms. The van der Waals surface area contributed by atoms with Crippen molar-refractivity contribution in [2.75, 3.05) is 0 Å². The highest BCUT2D eigenvalue weighted by molar-refractivity contribution is 5.91. The highest BCUT2D eigenvalue weighted by Gasteiger charge is 2.23. The topological polar surface area (TPSA) is 85.8 Å². The molecule has 7 nitrogen and oxygen atoms in total. The molecule has 0 aliphatic heterocycles. The highest BCUT2D eigenvalue weighted by atomic mass is 16.5. The maximum atomic E-state index is 12.4. The van der Waals surface area contributed by atoms with Crippen LogP contribution in [0, 0.1) is 11.8 Å². The number of aromatic nitrogens is 4. The lowest BCUT2D eigenvalue weighted by molar-refractivity contribution is 0.0891. The predicted molar refractivity (Wildman–Crippen MR) is 85.7 cm³/mol. The Hall–Kier alpha value is -2.18. The number of aryl methyl sites for hydroxylation is 1. The molecule has 1 N–H and O–H groups in total. The van der Waals surface area contributed by atoms with E-state index in [1.165, 1.54) is 6.33 Å². The molecule has 0 fully saturated rings. The van der Waals surface area contributed by atoms with Crippen LogP contribution in [0.5, 0.6) is 0 Å². The average molecular weight is 319 g/mol. The summed E-state index contributed by atoms with van der Waals surface area (Å²) in [7, 11) is 1.82. The Labute approximate surface area is 136 Å². The van der Waals surface area contributed by atoms with Crippen molar-refractivity contribution in [1.82, 2.24) is 25.2 Å². The number of rotatable bonds is 7. The van der Waals surface area contributed by atoms with E-state index in [9.17, 15) is 4.79 Å². The summed E-state index contributed by atoms with van der Waals surface area (Å²) >= 11 is 0. The number of carbonyl (C=O) groups is 1. The van der Waals surface area contributed by atoms with Gasteiger partial charge in [0.2, 0.25) is 5.76 Å². The van der Waals surface area contributed by atoms with Gasteiger partial charge in [0.25, 0.3) is 5.91 Å². The van der Waals surface area contributed by atoms with Crippen molar-refractivity contribution in [3.63, 3.8) is 0 Å². The number of hydrogen-bond acceptors (Lipinski definition) is 5. The zero-order chi connectivity index (χ0) is 17.0. The standard InChI is InChI=1S/C16H25N5O2/c1-10(2)6-12-8-14(23-20-12)16(22)19-13(7-11(3)4)15-17-9-18-21(15)5/h8-11,13H,6-7H2,1-5H3,(H,19,22). The lowest BCUT2D eigenvalue weighted by Crippen LogP contribution is -2.31. The summed E-state index contributed by atoms with van der Waals surface area (Å²) in [5.41, 5.74) is 0.796. The van der Waals surface area contributed by atoms with Crippen LogP contribution >= 0.6 is 0 Å². The molecule has 1 unspecified atom stereocenters. The van der Waals surface area contributed by atoms with Crippen LogP contribution in [0.2, 0.25) is 0 Å². The largest absolute Gasteiger partial charge is 0.351 e. The first kappa shape index (κ1) is 17.2. The van der Waals surface area contributed by atoms with Gasteiger partial charge < -0.3 is 9.84 Å². The minimum atomic E-state index is -0.277. The number of nitrogens with zero attached hydrogens (tertiary/aromatic N) is 4. The molecule has 126 valence electrons. The van der Waals surface area contributed by atoms with Gasteiger partial charge in [-0.2, -0.15) is 5.10 Å². The third-order valence-electron chi connectivity index (χ3n) is 3.47. The number of carbonyl (C=O) groups excluding carboxylic acids is 1. The molecule has 0 aliphatic carbocycles. The van der Waals surface area contributed by atoms with Gasteiger partial charge in [0.15, 0.2) is 0 Å². The van der Waals surface area contributed by atoms with Gasteiger partial charge in [0, 0.05) is 13.1 Å².